The molecule has 18 heavy (non-hydrogen) atoms. The Morgan fingerprint density at radius 2 is 2.22 bits per heavy atom. The van der Waals surface area contributed by atoms with E-state index in [0.717, 1.165) is 18.9 Å². The van der Waals surface area contributed by atoms with Crippen molar-refractivity contribution in [1.29, 1.82) is 0 Å². The lowest BCUT2D eigenvalue weighted by Gasteiger charge is -2.24. The molecule has 6 nitrogen and oxygen atoms in total. The van der Waals surface area contributed by atoms with Crippen LogP contribution in [-0.2, 0) is 4.79 Å². The molecule has 0 aliphatic rings. The summed E-state index contributed by atoms with van der Waals surface area (Å²) < 4.78 is 0. The van der Waals surface area contributed by atoms with Gasteiger partial charge in [0.25, 0.3) is 0 Å². The van der Waals surface area contributed by atoms with E-state index in [1.807, 2.05) is 17.9 Å². The molecule has 0 spiro atoms. The number of nitrogens with one attached hydrogen (secondary N) is 1. The molecule has 3 N–H and O–H groups in total. The molecule has 1 amide bonds. The molecule has 0 saturated heterocycles. The maximum Gasteiger partial charge on any atom is 0.236 e. The van der Waals surface area contributed by atoms with Crippen LogP contribution in [0.3, 0.4) is 0 Å². The molecule has 1 rings (SSSR count). The maximum atomic E-state index is 11.1. The van der Waals surface area contributed by atoms with E-state index in [9.17, 15) is 4.79 Å². The number of aromatic nitrogens is 2. The summed E-state index contributed by atoms with van der Waals surface area (Å²) in [7, 11) is 0. The number of carbonyl (C=O) groups excluding carboxylic acids is 1. The van der Waals surface area contributed by atoms with Gasteiger partial charge >= 0.3 is 0 Å². The van der Waals surface area contributed by atoms with E-state index < -0.39 is 0 Å². The number of nitrogens with two attached hydrogens (primary N) is 1. The van der Waals surface area contributed by atoms with E-state index in [4.69, 9.17) is 5.73 Å². The first-order chi connectivity index (χ1) is 8.52. The minimum absolute atomic E-state index is 0.167. The van der Waals surface area contributed by atoms with E-state index >= 15 is 0 Å². The molecule has 0 radical (unpaired) electrons. The summed E-state index contributed by atoms with van der Waals surface area (Å²) in [5, 5.41) is 3.12. The van der Waals surface area contributed by atoms with Crippen LogP contribution >= 0.6 is 0 Å². The molecule has 0 bridgehead atoms. The Morgan fingerprint density at radius 1 is 1.50 bits per heavy atom. The molecule has 0 fully saturated rings. The lowest BCUT2D eigenvalue weighted by atomic mass is 10.2. The highest BCUT2D eigenvalue weighted by Crippen LogP contribution is 2.15. The molecular formula is C12H21N5O. The van der Waals surface area contributed by atoms with Gasteiger partial charge in [-0.15, -0.1) is 0 Å². The van der Waals surface area contributed by atoms with Crippen LogP contribution < -0.4 is 16.0 Å². The number of hydrogen-bond acceptors (Lipinski definition) is 5. The molecule has 0 aliphatic heterocycles. The van der Waals surface area contributed by atoms with Gasteiger partial charge in [-0.05, 0) is 12.8 Å². The van der Waals surface area contributed by atoms with Gasteiger partial charge in [0.2, 0.25) is 5.91 Å². The molecule has 1 aromatic heterocycles. The van der Waals surface area contributed by atoms with E-state index in [1.54, 1.807) is 0 Å². The minimum Gasteiger partial charge on any atom is -0.370 e. The Balaban J connectivity index is 2.88. The van der Waals surface area contributed by atoms with Crippen LogP contribution in [0.5, 0.6) is 0 Å². The number of primary amides is 1. The first-order valence-electron chi connectivity index (χ1n) is 6.12. The highest BCUT2D eigenvalue weighted by Gasteiger charge is 2.13. The maximum absolute atomic E-state index is 11.1. The van der Waals surface area contributed by atoms with Crippen molar-refractivity contribution in [3.8, 4) is 0 Å². The second-order valence-electron chi connectivity index (χ2n) is 4.53. The first kappa shape index (κ1) is 14.2. The zero-order valence-corrected chi connectivity index (χ0v) is 11.2. The van der Waals surface area contributed by atoms with Crippen LogP contribution in [0.25, 0.3) is 0 Å². The second-order valence-corrected chi connectivity index (χ2v) is 4.53. The van der Waals surface area contributed by atoms with Crippen molar-refractivity contribution in [2.45, 2.75) is 20.8 Å². The average Bonchev–Trinajstić information content (AvgIpc) is 2.28. The topological polar surface area (TPSA) is 84.1 Å². The fraction of sp³-hybridized carbons (Fsp3) is 0.583. The van der Waals surface area contributed by atoms with Gasteiger partial charge in [-0.25, -0.2) is 9.97 Å². The molecule has 0 saturated carbocycles. The Bertz CT molecular complexity index is 394. The Kier molecular flexibility index (Phi) is 5.35. The Hall–Kier alpha value is -1.85. The number of rotatable bonds is 7. The van der Waals surface area contributed by atoms with Crippen LogP contribution in [-0.4, -0.2) is 35.5 Å². The van der Waals surface area contributed by atoms with Crippen molar-refractivity contribution < 1.29 is 4.79 Å². The molecule has 1 heterocycles. The van der Waals surface area contributed by atoms with Crippen LogP contribution in [0.1, 0.15) is 20.8 Å². The number of amides is 1. The lowest BCUT2D eigenvalue weighted by molar-refractivity contribution is -0.116. The quantitative estimate of drug-likeness (QED) is 0.750. The third-order valence-electron chi connectivity index (χ3n) is 2.27. The van der Waals surface area contributed by atoms with Gasteiger partial charge in [-0.2, -0.15) is 0 Å². The van der Waals surface area contributed by atoms with Crippen LogP contribution in [0.4, 0.5) is 11.6 Å². The molecule has 0 atom stereocenters. The van der Waals surface area contributed by atoms with Crippen molar-refractivity contribution in [3.63, 3.8) is 0 Å². The van der Waals surface area contributed by atoms with Gasteiger partial charge < -0.3 is 16.0 Å². The largest absolute Gasteiger partial charge is 0.370 e. The second kappa shape index (κ2) is 6.78. The van der Waals surface area contributed by atoms with Gasteiger partial charge in [0.05, 0.1) is 6.54 Å². The summed E-state index contributed by atoms with van der Waals surface area (Å²) in [6, 6.07) is 1.83. The SMILES string of the molecule is CCNc1cc(N(CC(N)=O)CC(C)C)ncn1. The van der Waals surface area contributed by atoms with Crippen molar-refractivity contribution >= 4 is 17.5 Å². The van der Waals surface area contributed by atoms with Crippen LogP contribution in [0.2, 0.25) is 0 Å². The highest BCUT2D eigenvalue weighted by molar-refractivity contribution is 5.79. The fourth-order valence-corrected chi connectivity index (χ4v) is 1.67. The number of anilines is 2. The highest BCUT2D eigenvalue weighted by atomic mass is 16.1. The van der Waals surface area contributed by atoms with Gasteiger partial charge in [0, 0.05) is 19.2 Å². The van der Waals surface area contributed by atoms with Gasteiger partial charge in [0.15, 0.2) is 0 Å². The number of carbonyl (C=O) groups is 1. The zero-order valence-electron chi connectivity index (χ0n) is 11.2. The normalized spacial score (nSPS) is 10.4. The summed E-state index contributed by atoms with van der Waals surface area (Å²) in [5.41, 5.74) is 5.26. The molecule has 6 heteroatoms. The first-order valence-corrected chi connectivity index (χ1v) is 6.12. The van der Waals surface area contributed by atoms with Crippen LogP contribution in [0.15, 0.2) is 12.4 Å². The Labute approximate surface area is 108 Å². The molecular weight excluding hydrogens is 230 g/mol. The zero-order chi connectivity index (χ0) is 13.5. The lowest BCUT2D eigenvalue weighted by Crippen LogP contribution is -2.36. The van der Waals surface area contributed by atoms with E-state index in [-0.39, 0.29) is 12.5 Å². The monoisotopic (exact) mass is 251 g/mol. The summed E-state index contributed by atoms with van der Waals surface area (Å²) >= 11 is 0. The smallest absolute Gasteiger partial charge is 0.236 e. The molecule has 0 unspecified atom stereocenters. The van der Waals surface area contributed by atoms with Crippen molar-refractivity contribution in [2.24, 2.45) is 11.7 Å². The summed E-state index contributed by atoms with van der Waals surface area (Å²) in [4.78, 5) is 21.3. The van der Waals surface area contributed by atoms with Crippen molar-refractivity contribution in [1.82, 2.24) is 9.97 Å². The third-order valence-corrected chi connectivity index (χ3v) is 2.27. The predicted molar refractivity (Wildman–Crippen MR) is 72.4 cm³/mol. The third kappa shape index (κ3) is 4.57. The molecule has 1 aromatic rings. The summed E-state index contributed by atoms with van der Waals surface area (Å²) in [6.45, 7) is 7.85. The Morgan fingerprint density at radius 3 is 2.78 bits per heavy atom. The van der Waals surface area contributed by atoms with Crippen molar-refractivity contribution in [2.75, 3.05) is 29.9 Å². The van der Waals surface area contributed by atoms with Gasteiger partial charge in [-0.1, -0.05) is 13.8 Å². The van der Waals surface area contributed by atoms with E-state index in [2.05, 4.69) is 29.1 Å². The standard InChI is InChI=1S/C12H21N5O/c1-4-14-11-5-12(16-8-15-11)17(6-9(2)3)7-10(13)18/h5,8-9H,4,6-7H2,1-3H3,(H2,13,18)(H,14,15,16). The van der Waals surface area contributed by atoms with E-state index in [1.165, 1.54) is 6.33 Å². The number of nitrogens with zero attached hydrogens (tertiary/aromatic N) is 3. The molecule has 0 aromatic carbocycles. The van der Waals surface area contributed by atoms with E-state index in [0.29, 0.717) is 11.7 Å². The van der Waals surface area contributed by atoms with Crippen molar-refractivity contribution in [3.05, 3.63) is 12.4 Å². The average molecular weight is 251 g/mol. The fourth-order valence-electron chi connectivity index (χ4n) is 1.67. The van der Waals surface area contributed by atoms with Gasteiger partial charge in [0.1, 0.15) is 18.0 Å². The van der Waals surface area contributed by atoms with Gasteiger partial charge in [-0.3, -0.25) is 4.79 Å². The summed E-state index contributed by atoms with van der Waals surface area (Å²) in [6.07, 6.45) is 1.49. The van der Waals surface area contributed by atoms with Crippen LogP contribution in [0, 0.1) is 5.92 Å². The molecule has 100 valence electrons. The predicted octanol–water partition coefficient (Wildman–Crippen LogP) is 0.856. The summed E-state index contributed by atoms with van der Waals surface area (Å²) in [5.74, 6) is 1.52. The molecule has 0 aliphatic carbocycles. The minimum atomic E-state index is -0.362. The number of hydrogen-bond donors (Lipinski definition) is 2.